The molecule has 0 heterocycles. The number of benzene rings is 1. The second-order valence-corrected chi connectivity index (χ2v) is 4.33. The van der Waals surface area contributed by atoms with E-state index in [1.165, 1.54) is 6.07 Å². The zero-order valence-electron chi connectivity index (χ0n) is 9.69. The van der Waals surface area contributed by atoms with Crippen LogP contribution in [0.3, 0.4) is 0 Å². The molecule has 0 saturated heterocycles. The lowest BCUT2D eigenvalue weighted by Crippen LogP contribution is -2.29. The molecule has 0 aromatic heterocycles. The fraction of sp³-hybridized carbons (Fsp3) is 0.300. The zero-order valence-corrected chi connectivity index (χ0v) is 11.2. The third kappa shape index (κ3) is 4.55. The summed E-state index contributed by atoms with van der Waals surface area (Å²) < 4.78 is 5.22. The molecule has 104 valence electrons. The monoisotopic (exact) mass is 307 g/mol. The molecule has 0 radical (unpaired) electrons. The largest absolute Gasteiger partial charge is 0.487 e. The molecule has 0 spiro atoms. The van der Waals surface area contributed by atoms with Gasteiger partial charge >= 0.3 is 5.69 Å². The first-order chi connectivity index (χ1) is 8.95. The van der Waals surface area contributed by atoms with Gasteiger partial charge < -0.3 is 4.74 Å². The molecular formula is C10H11Cl2N3O4. The van der Waals surface area contributed by atoms with Crippen molar-refractivity contribution in [1.29, 1.82) is 0 Å². The topological polar surface area (TPSA) is 107 Å². The fourth-order valence-electron chi connectivity index (χ4n) is 1.26. The Kier molecular flexibility index (Phi) is 5.81. The summed E-state index contributed by atoms with van der Waals surface area (Å²) in [6.45, 7) is 0.117. The maximum atomic E-state index is 10.9. The van der Waals surface area contributed by atoms with Crippen LogP contribution in [-0.4, -0.2) is 17.4 Å². The van der Waals surface area contributed by atoms with Crippen molar-refractivity contribution < 1.29 is 14.5 Å². The van der Waals surface area contributed by atoms with Gasteiger partial charge in [0.1, 0.15) is 0 Å². The molecule has 1 aromatic carbocycles. The summed E-state index contributed by atoms with van der Waals surface area (Å²) in [6.07, 6.45) is 0.520. The van der Waals surface area contributed by atoms with E-state index in [-0.39, 0.29) is 40.4 Å². The van der Waals surface area contributed by atoms with Gasteiger partial charge in [0.2, 0.25) is 5.91 Å². The predicted octanol–water partition coefficient (Wildman–Crippen LogP) is 2.05. The highest BCUT2D eigenvalue weighted by Crippen LogP contribution is 2.35. The first kappa shape index (κ1) is 15.5. The molecule has 0 atom stereocenters. The van der Waals surface area contributed by atoms with Crippen molar-refractivity contribution >= 4 is 34.8 Å². The SMILES string of the molecule is NNC(=O)CCCOc1cc(Cl)c(Cl)cc1[N+](=O)[O-]. The number of nitrogens with one attached hydrogen (secondary N) is 1. The van der Waals surface area contributed by atoms with Gasteiger partial charge in [0.15, 0.2) is 5.75 Å². The quantitative estimate of drug-likeness (QED) is 0.275. The number of nitrogens with two attached hydrogens (primary N) is 1. The van der Waals surface area contributed by atoms with Crippen LogP contribution in [0.15, 0.2) is 12.1 Å². The summed E-state index contributed by atoms with van der Waals surface area (Å²) in [4.78, 5) is 21.1. The summed E-state index contributed by atoms with van der Waals surface area (Å²) in [5.74, 6) is 4.57. The number of carbonyl (C=O) groups excluding carboxylic acids is 1. The molecule has 0 fully saturated rings. The Morgan fingerprint density at radius 3 is 2.63 bits per heavy atom. The number of amides is 1. The van der Waals surface area contributed by atoms with Crippen LogP contribution in [-0.2, 0) is 4.79 Å². The first-order valence-corrected chi connectivity index (χ1v) is 5.97. The van der Waals surface area contributed by atoms with Crippen molar-refractivity contribution in [3.8, 4) is 5.75 Å². The molecule has 9 heteroatoms. The highest BCUT2D eigenvalue weighted by atomic mass is 35.5. The van der Waals surface area contributed by atoms with Crippen LogP contribution in [0.4, 0.5) is 5.69 Å². The predicted molar refractivity (Wildman–Crippen MR) is 70.2 cm³/mol. The molecule has 0 saturated carbocycles. The van der Waals surface area contributed by atoms with E-state index in [0.717, 1.165) is 6.07 Å². The number of hydrazine groups is 1. The molecule has 0 aliphatic rings. The van der Waals surface area contributed by atoms with E-state index in [4.69, 9.17) is 33.8 Å². The van der Waals surface area contributed by atoms with E-state index in [9.17, 15) is 14.9 Å². The van der Waals surface area contributed by atoms with Crippen LogP contribution >= 0.6 is 23.2 Å². The number of nitro groups is 1. The Balaban J connectivity index is 2.69. The molecule has 1 aromatic rings. The van der Waals surface area contributed by atoms with Crippen molar-refractivity contribution in [2.24, 2.45) is 5.84 Å². The van der Waals surface area contributed by atoms with Crippen LogP contribution in [0.5, 0.6) is 5.75 Å². The first-order valence-electron chi connectivity index (χ1n) is 5.21. The maximum Gasteiger partial charge on any atom is 0.312 e. The molecular weight excluding hydrogens is 297 g/mol. The lowest BCUT2D eigenvalue weighted by molar-refractivity contribution is -0.385. The molecule has 19 heavy (non-hydrogen) atoms. The fourth-order valence-corrected chi connectivity index (χ4v) is 1.57. The van der Waals surface area contributed by atoms with Gasteiger partial charge in [-0.15, -0.1) is 0 Å². The summed E-state index contributed by atoms with van der Waals surface area (Å²) in [7, 11) is 0. The van der Waals surface area contributed by atoms with E-state index >= 15 is 0 Å². The van der Waals surface area contributed by atoms with Gasteiger partial charge in [-0.2, -0.15) is 0 Å². The summed E-state index contributed by atoms with van der Waals surface area (Å²) >= 11 is 11.5. The third-order valence-corrected chi connectivity index (χ3v) is 2.89. The molecule has 1 rings (SSSR count). The summed E-state index contributed by atoms with van der Waals surface area (Å²) in [5.41, 5.74) is 1.69. The van der Waals surface area contributed by atoms with Crippen molar-refractivity contribution in [1.82, 2.24) is 5.43 Å². The number of rotatable bonds is 6. The normalized spacial score (nSPS) is 10.1. The van der Waals surface area contributed by atoms with Crippen LogP contribution in [0, 0.1) is 10.1 Å². The minimum Gasteiger partial charge on any atom is -0.487 e. The second kappa shape index (κ2) is 7.13. The van der Waals surface area contributed by atoms with Crippen LogP contribution in [0.2, 0.25) is 10.0 Å². The van der Waals surface area contributed by atoms with E-state index in [1.54, 1.807) is 0 Å². The average molecular weight is 308 g/mol. The third-order valence-electron chi connectivity index (χ3n) is 2.17. The van der Waals surface area contributed by atoms with Crippen LogP contribution in [0.1, 0.15) is 12.8 Å². The highest BCUT2D eigenvalue weighted by molar-refractivity contribution is 6.42. The average Bonchev–Trinajstić information content (AvgIpc) is 2.37. The number of hydrogen-bond acceptors (Lipinski definition) is 5. The Hall–Kier alpha value is -1.57. The van der Waals surface area contributed by atoms with E-state index in [0.29, 0.717) is 6.42 Å². The molecule has 0 unspecified atom stereocenters. The number of ether oxygens (including phenoxy) is 1. The van der Waals surface area contributed by atoms with E-state index in [1.807, 2.05) is 5.43 Å². The van der Waals surface area contributed by atoms with Crippen molar-refractivity contribution in [3.63, 3.8) is 0 Å². The van der Waals surface area contributed by atoms with Crippen molar-refractivity contribution in [2.45, 2.75) is 12.8 Å². The van der Waals surface area contributed by atoms with E-state index < -0.39 is 4.92 Å². The Labute approximate surface area is 118 Å². The molecule has 7 nitrogen and oxygen atoms in total. The second-order valence-electron chi connectivity index (χ2n) is 3.51. The number of halogens is 2. The van der Waals surface area contributed by atoms with Gasteiger partial charge in [-0.1, -0.05) is 23.2 Å². The maximum absolute atomic E-state index is 10.9. The molecule has 0 bridgehead atoms. The lowest BCUT2D eigenvalue weighted by Gasteiger charge is -2.07. The lowest BCUT2D eigenvalue weighted by atomic mass is 10.3. The van der Waals surface area contributed by atoms with Gasteiger partial charge in [-0.25, -0.2) is 5.84 Å². The molecule has 3 N–H and O–H groups in total. The van der Waals surface area contributed by atoms with Crippen molar-refractivity contribution in [2.75, 3.05) is 6.61 Å². The smallest absolute Gasteiger partial charge is 0.312 e. The zero-order chi connectivity index (χ0) is 14.4. The van der Waals surface area contributed by atoms with Gasteiger partial charge in [-0.3, -0.25) is 20.3 Å². The van der Waals surface area contributed by atoms with Gasteiger partial charge in [0, 0.05) is 18.6 Å². The number of nitrogens with zero attached hydrogens (tertiary/aromatic N) is 1. The van der Waals surface area contributed by atoms with Crippen LogP contribution < -0.4 is 16.0 Å². The summed E-state index contributed by atoms with van der Waals surface area (Å²) in [6, 6.07) is 2.39. The van der Waals surface area contributed by atoms with Crippen LogP contribution in [0.25, 0.3) is 0 Å². The minimum atomic E-state index is -0.621. The van der Waals surface area contributed by atoms with Gasteiger partial charge in [-0.05, 0) is 6.42 Å². The van der Waals surface area contributed by atoms with E-state index in [2.05, 4.69) is 0 Å². The Morgan fingerprint density at radius 2 is 2.05 bits per heavy atom. The summed E-state index contributed by atoms with van der Waals surface area (Å²) in [5, 5.41) is 11.0. The number of hydrogen-bond donors (Lipinski definition) is 2. The standard InChI is InChI=1S/C10H11Cl2N3O4/c11-6-4-8(15(17)18)9(5-7(6)12)19-3-1-2-10(16)14-13/h4-5H,1-3,13H2,(H,14,16). The Morgan fingerprint density at radius 1 is 1.42 bits per heavy atom. The van der Waals surface area contributed by atoms with Gasteiger partial charge in [0.05, 0.1) is 21.6 Å². The van der Waals surface area contributed by atoms with Gasteiger partial charge in [0.25, 0.3) is 0 Å². The Bertz CT molecular complexity index is 496. The molecule has 0 aliphatic heterocycles. The highest BCUT2D eigenvalue weighted by Gasteiger charge is 2.18. The molecule has 0 aliphatic carbocycles. The molecule has 1 amide bonds. The minimum absolute atomic E-state index is 0.00700. The number of carbonyl (C=O) groups is 1. The number of nitro benzene ring substituents is 1. The van der Waals surface area contributed by atoms with Crippen molar-refractivity contribution in [3.05, 3.63) is 32.3 Å².